The summed E-state index contributed by atoms with van der Waals surface area (Å²) in [7, 11) is 0. The van der Waals surface area contributed by atoms with E-state index in [1.54, 1.807) is 12.5 Å². The first-order chi connectivity index (χ1) is 11.7. The Bertz CT molecular complexity index is 670. The minimum Gasteiger partial charge on any atom is -0.472 e. The monoisotopic (exact) mass is 348 g/mol. The van der Waals surface area contributed by atoms with Crippen molar-refractivity contribution in [1.29, 1.82) is 0 Å². The molecule has 3 aliphatic rings. The van der Waals surface area contributed by atoms with Crippen LogP contribution in [0.15, 0.2) is 23.0 Å². The number of esters is 1. The van der Waals surface area contributed by atoms with E-state index in [4.69, 9.17) is 9.15 Å². The molecule has 1 aliphatic heterocycles. The average Bonchev–Trinajstić information content (AvgIpc) is 3.16. The number of ether oxygens (including phenoxy) is 1. The Hall–Kier alpha value is -1.33. The molecule has 1 aromatic heterocycles. The second-order valence-corrected chi connectivity index (χ2v) is 8.87. The Morgan fingerprint density at radius 1 is 1.36 bits per heavy atom. The van der Waals surface area contributed by atoms with E-state index >= 15 is 0 Å². The number of hydrogen-bond acceptors (Lipinski definition) is 5. The van der Waals surface area contributed by atoms with Gasteiger partial charge in [0.1, 0.15) is 6.10 Å². The number of hydrogen-bond donors (Lipinski definition) is 2. The molecular weight excluding hydrogens is 320 g/mol. The van der Waals surface area contributed by atoms with Crippen LogP contribution in [0.1, 0.15) is 52.0 Å². The van der Waals surface area contributed by atoms with Gasteiger partial charge in [-0.1, -0.05) is 13.8 Å². The van der Waals surface area contributed by atoms with Crippen LogP contribution >= 0.6 is 0 Å². The van der Waals surface area contributed by atoms with Gasteiger partial charge in [0, 0.05) is 11.3 Å². The highest BCUT2D eigenvalue weighted by atomic mass is 16.6. The lowest BCUT2D eigenvalue weighted by atomic mass is 9.43. The van der Waals surface area contributed by atoms with E-state index in [0.717, 1.165) is 12.0 Å². The summed E-state index contributed by atoms with van der Waals surface area (Å²) < 4.78 is 10.9. The van der Waals surface area contributed by atoms with E-state index in [2.05, 4.69) is 13.8 Å². The van der Waals surface area contributed by atoms with Crippen molar-refractivity contribution in [3.05, 3.63) is 24.2 Å². The number of aliphatic hydroxyl groups excluding tert-OH is 1. The van der Waals surface area contributed by atoms with Crippen LogP contribution in [0.4, 0.5) is 0 Å². The average molecular weight is 348 g/mol. The summed E-state index contributed by atoms with van der Waals surface area (Å²) in [5.41, 5.74) is -1.20. The van der Waals surface area contributed by atoms with E-state index in [1.807, 2.05) is 13.0 Å². The van der Waals surface area contributed by atoms with Crippen molar-refractivity contribution in [1.82, 2.24) is 0 Å². The second kappa shape index (κ2) is 5.34. The molecule has 7 unspecified atom stereocenters. The maximum atomic E-state index is 12.6. The Morgan fingerprint density at radius 2 is 2.12 bits per heavy atom. The number of rotatable bonds is 3. The molecule has 0 amide bonds. The predicted molar refractivity (Wildman–Crippen MR) is 90.6 cm³/mol. The molecule has 1 aromatic rings. The number of furan rings is 1. The summed E-state index contributed by atoms with van der Waals surface area (Å²) in [4.78, 5) is 12.6. The molecule has 4 rings (SSSR count). The first-order valence-electron chi connectivity index (χ1n) is 9.36. The fraction of sp³-hybridized carbons (Fsp3) is 0.750. The van der Waals surface area contributed by atoms with E-state index in [1.165, 1.54) is 0 Å². The fourth-order valence-corrected chi connectivity index (χ4v) is 6.23. The third-order valence-electron chi connectivity index (χ3n) is 7.80. The summed E-state index contributed by atoms with van der Waals surface area (Å²) in [6, 6.07) is 1.93. The van der Waals surface area contributed by atoms with Crippen LogP contribution in [0, 0.1) is 22.7 Å². The zero-order chi connectivity index (χ0) is 18.0. The minimum absolute atomic E-state index is 0.0241. The highest BCUT2D eigenvalue weighted by Gasteiger charge is 2.73. The fourth-order valence-electron chi connectivity index (χ4n) is 6.23. The molecule has 1 saturated heterocycles. The molecule has 2 saturated carbocycles. The van der Waals surface area contributed by atoms with Crippen molar-refractivity contribution < 1.29 is 24.2 Å². The Morgan fingerprint density at radius 3 is 2.80 bits per heavy atom. The number of carbonyl (C=O) groups excluding carboxylic acids is 1. The summed E-state index contributed by atoms with van der Waals surface area (Å²) >= 11 is 0. The summed E-state index contributed by atoms with van der Waals surface area (Å²) in [6.07, 6.45) is 5.69. The Labute approximate surface area is 148 Å². The molecule has 7 atom stereocenters. The molecule has 138 valence electrons. The van der Waals surface area contributed by atoms with Crippen molar-refractivity contribution in [2.75, 3.05) is 0 Å². The molecule has 2 aliphatic carbocycles. The maximum absolute atomic E-state index is 12.6. The van der Waals surface area contributed by atoms with Gasteiger partial charge in [-0.3, -0.25) is 4.79 Å². The smallest absolute Gasteiger partial charge is 0.315 e. The van der Waals surface area contributed by atoms with Crippen LogP contribution in [0.25, 0.3) is 0 Å². The van der Waals surface area contributed by atoms with Gasteiger partial charge in [-0.2, -0.15) is 0 Å². The maximum Gasteiger partial charge on any atom is 0.315 e. The van der Waals surface area contributed by atoms with Gasteiger partial charge in [-0.25, -0.2) is 0 Å². The molecule has 2 heterocycles. The van der Waals surface area contributed by atoms with Gasteiger partial charge in [0.05, 0.1) is 29.6 Å². The molecule has 0 bridgehead atoms. The lowest BCUT2D eigenvalue weighted by Crippen LogP contribution is -2.67. The first-order valence-corrected chi connectivity index (χ1v) is 9.36. The summed E-state index contributed by atoms with van der Waals surface area (Å²) in [5, 5.41) is 22.5. The second-order valence-electron chi connectivity index (χ2n) is 8.87. The third-order valence-corrected chi connectivity index (χ3v) is 7.80. The number of aliphatic hydroxyl groups is 2. The largest absolute Gasteiger partial charge is 0.472 e. The van der Waals surface area contributed by atoms with Crippen LogP contribution in [0.5, 0.6) is 0 Å². The van der Waals surface area contributed by atoms with Gasteiger partial charge in [-0.05, 0) is 56.6 Å². The Kier molecular flexibility index (Phi) is 3.65. The molecule has 3 fully saturated rings. The number of carbonyl (C=O) groups is 1. The van der Waals surface area contributed by atoms with Gasteiger partial charge in [0.25, 0.3) is 0 Å². The highest BCUT2D eigenvalue weighted by molar-refractivity contribution is 5.80. The van der Waals surface area contributed by atoms with Gasteiger partial charge < -0.3 is 19.4 Å². The van der Waals surface area contributed by atoms with E-state index < -0.39 is 22.5 Å². The highest BCUT2D eigenvalue weighted by Crippen LogP contribution is 2.67. The van der Waals surface area contributed by atoms with E-state index in [0.29, 0.717) is 25.7 Å². The van der Waals surface area contributed by atoms with Crippen molar-refractivity contribution in [3.8, 4) is 0 Å². The summed E-state index contributed by atoms with van der Waals surface area (Å²) in [5.74, 6) is -0.426. The van der Waals surface area contributed by atoms with Crippen LogP contribution in [0.2, 0.25) is 0 Å². The topological polar surface area (TPSA) is 79.9 Å². The van der Waals surface area contributed by atoms with Gasteiger partial charge in [0.15, 0.2) is 0 Å². The zero-order valence-electron chi connectivity index (χ0n) is 15.2. The van der Waals surface area contributed by atoms with Crippen LogP contribution in [-0.4, -0.2) is 34.0 Å². The lowest BCUT2D eigenvalue weighted by molar-refractivity contribution is -0.232. The lowest BCUT2D eigenvalue weighted by Gasteiger charge is -2.62. The number of aryl methyl sites for hydroxylation is 1. The quantitative estimate of drug-likeness (QED) is 0.821. The minimum atomic E-state index is -0.915. The van der Waals surface area contributed by atoms with Crippen molar-refractivity contribution in [3.63, 3.8) is 0 Å². The zero-order valence-corrected chi connectivity index (χ0v) is 15.2. The molecule has 25 heavy (non-hydrogen) atoms. The standard InChI is InChI=1S/C20H28O5/c1-12-10-14-16-18(2,7-5-15(21)19(16,3)17(22)25-14)20(12,23)8-4-13-6-9-24-11-13/h6,9,11-12,14-16,21,23H,4-5,7-8,10H2,1-3H3. The van der Waals surface area contributed by atoms with Crippen LogP contribution in [0.3, 0.4) is 0 Å². The van der Waals surface area contributed by atoms with Crippen molar-refractivity contribution in [2.45, 2.75) is 70.7 Å². The third kappa shape index (κ3) is 2.05. The molecule has 0 aromatic carbocycles. The molecule has 5 heteroatoms. The van der Waals surface area contributed by atoms with Gasteiger partial charge in [0.2, 0.25) is 0 Å². The van der Waals surface area contributed by atoms with Crippen LogP contribution < -0.4 is 0 Å². The molecule has 0 radical (unpaired) electrons. The normalized spacial score (nSPS) is 48.9. The van der Waals surface area contributed by atoms with Crippen molar-refractivity contribution in [2.24, 2.45) is 22.7 Å². The molecular formula is C20H28O5. The van der Waals surface area contributed by atoms with Gasteiger partial charge in [-0.15, -0.1) is 0 Å². The SMILES string of the molecule is CC1CC2OC(=O)C3(C)C(O)CCC(C)(C23)C1(O)CCc1ccoc1. The van der Waals surface area contributed by atoms with E-state index in [-0.39, 0.29) is 23.9 Å². The molecule has 0 spiro atoms. The van der Waals surface area contributed by atoms with Crippen molar-refractivity contribution >= 4 is 5.97 Å². The van der Waals surface area contributed by atoms with E-state index in [9.17, 15) is 15.0 Å². The molecule has 2 N–H and O–H groups in total. The summed E-state index contributed by atoms with van der Waals surface area (Å²) in [6.45, 7) is 5.99. The van der Waals surface area contributed by atoms with Gasteiger partial charge >= 0.3 is 5.97 Å². The Balaban J connectivity index is 1.72. The van der Waals surface area contributed by atoms with Crippen LogP contribution in [-0.2, 0) is 16.0 Å². The predicted octanol–water partition coefficient (Wildman–Crippen LogP) is 2.69. The molecule has 5 nitrogen and oxygen atoms in total. The first kappa shape index (κ1) is 17.1.